The summed E-state index contributed by atoms with van der Waals surface area (Å²) in [6.07, 6.45) is 2.10. The van der Waals surface area contributed by atoms with Crippen LogP contribution in [-0.4, -0.2) is 30.0 Å². The molecule has 3 nitrogen and oxygen atoms in total. The highest BCUT2D eigenvalue weighted by molar-refractivity contribution is 8.16. The molecular formula is C15H23ClN2OS2. The molecule has 0 spiro atoms. The van der Waals surface area contributed by atoms with Gasteiger partial charge in [-0.25, -0.2) is 0 Å². The molecular weight excluding hydrogens is 324 g/mol. The Bertz CT molecular complexity index is 434. The first-order chi connectivity index (χ1) is 9.66. The molecule has 1 heterocycles. The maximum Gasteiger partial charge on any atom is 0.251 e. The van der Waals surface area contributed by atoms with Gasteiger partial charge in [0.05, 0.1) is 4.58 Å². The Labute approximate surface area is 141 Å². The van der Waals surface area contributed by atoms with Crippen LogP contribution in [0, 0.1) is 0 Å². The average Bonchev–Trinajstić information content (AvgIpc) is 2.48. The number of carbonyl (C=O) groups is 1. The normalized spacial score (nSPS) is 16.9. The Kier molecular flexibility index (Phi) is 8.56. The van der Waals surface area contributed by atoms with Gasteiger partial charge in [-0.2, -0.15) is 0 Å². The van der Waals surface area contributed by atoms with E-state index in [9.17, 15) is 4.79 Å². The van der Waals surface area contributed by atoms with Crippen molar-refractivity contribution in [2.24, 2.45) is 5.73 Å². The molecule has 1 aromatic rings. The summed E-state index contributed by atoms with van der Waals surface area (Å²) in [6.45, 7) is 2.58. The van der Waals surface area contributed by atoms with E-state index in [1.807, 2.05) is 42.6 Å². The number of thioether (sulfide) groups is 2. The van der Waals surface area contributed by atoms with Crippen LogP contribution < -0.4 is 11.1 Å². The highest BCUT2D eigenvalue weighted by atomic mass is 35.5. The summed E-state index contributed by atoms with van der Waals surface area (Å²) in [5.74, 6) is 2.45. The van der Waals surface area contributed by atoms with Crippen LogP contribution >= 0.6 is 35.9 Å². The van der Waals surface area contributed by atoms with E-state index in [2.05, 4.69) is 17.4 Å². The maximum absolute atomic E-state index is 12.0. The minimum Gasteiger partial charge on any atom is -0.352 e. The van der Waals surface area contributed by atoms with Gasteiger partial charge in [-0.1, -0.05) is 12.1 Å². The molecule has 1 amide bonds. The van der Waals surface area contributed by atoms with Gasteiger partial charge in [-0.05, 0) is 49.0 Å². The summed E-state index contributed by atoms with van der Waals surface area (Å²) in [6, 6.07) is 8.13. The lowest BCUT2D eigenvalue weighted by Crippen LogP contribution is -2.28. The number of carbonyl (C=O) groups excluding carboxylic acids is 1. The topological polar surface area (TPSA) is 55.1 Å². The second-order valence-corrected chi connectivity index (χ2v) is 7.80. The Balaban J connectivity index is 0.00000220. The van der Waals surface area contributed by atoms with Crippen molar-refractivity contribution in [2.45, 2.75) is 30.4 Å². The van der Waals surface area contributed by atoms with Crippen molar-refractivity contribution in [2.75, 3.05) is 18.1 Å². The zero-order chi connectivity index (χ0) is 14.4. The van der Waals surface area contributed by atoms with Crippen LogP contribution in [0.2, 0.25) is 0 Å². The van der Waals surface area contributed by atoms with Crippen LogP contribution in [0.25, 0.3) is 0 Å². The Morgan fingerprint density at radius 3 is 2.52 bits per heavy atom. The van der Waals surface area contributed by atoms with Crippen LogP contribution in [0.5, 0.6) is 0 Å². The molecule has 0 radical (unpaired) electrons. The lowest BCUT2D eigenvalue weighted by atomic mass is 10.1. The molecule has 1 atom stereocenters. The van der Waals surface area contributed by atoms with Crippen molar-refractivity contribution in [3.05, 3.63) is 35.4 Å². The van der Waals surface area contributed by atoms with Gasteiger partial charge in [0, 0.05) is 18.2 Å². The van der Waals surface area contributed by atoms with Crippen molar-refractivity contribution in [3.63, 3.8) is 0 Å². The van der Waals surface area contributed by atoms with E-state index in [4.69, 9.17) is 5.73 Å². The van der Waals surface area contributed by atoms with Crippen molar-refractivity contribution < 1.29 is 4.79 Å². The molecule has 1 aromatic carbocycles. The molecule has 21 heavy (non-hydrogen) atoms. The van der Waals surface area contributed by atoms with E-state index in [0.29, 0.717) is 11.1 Å². The Morgan fingerprint density at radius 2 is 1.95 bits per heavy atom. The molecule has 0 saturated carbocycles. The molecule has 1 fully saturated rings. The van der Waals surface area contributed by atoms with Gasteiger partial charge >= 0.3 is 0 Å². The molecule has 1 aliphatic rings. The number of nitrogens with one attached hydrogen (secondary N) is 1. The van der Waals surface area contributed by atoms with Crippen LogP contribution in [0.1, 0.15) is 40.3 Å². The maximum atomic E-state index is 12.0. The van der Waals surface area contributed by atoms with Crippen molar-refractivity contribution >= 4 is 41.8 Å². The second kappa shape index (κ2) is 9.62. The van der Waals surface area contributed by atoms with E-state index in [-0.39, 0.29) is 24.4 Å². The smallest absolute Gasteiger partial charge is 0.251 e. The Morgan fingerprint density at radius 1 is 1.33 bits per heavy atom. The minimum absolute atomic E-state index is 0. The van der Waals surface area contributed by atoms with Crippen LogP contribution in [0.3, 0.4) is 0 Å². The first-order valence-corrected chi connectivity index (χ1v) is 9.13. The van der Waals surface area contributed by atoms with Gasteiger partial charge in [0.15, 0.2) is 0 Å². The molecule has 6 heteroatoms. The van der Waals surface area contributed by atoms with Gasteiger partial charge in [-0.15, -0.1) is 35.9 Å². The summed E-state index contributed by atoms with van der Waals surface area (Å²) < 4.78 is 0.527. The molecule has 0 aliphatic carbocycles. The van der Waals surface area contributed by atoms with E-state index in [0.717, 1.165) is 12.0 Å². The van der Waals surface area contributed by atoms with Gasteiger partial charge < -0.3 is 11.1 Å². The SMILES string of the molecule is CC(N)CCNC(=O)c1ccc(C2SCCCS2)cc1.Cl. The molecule has 1 saturated heterocycles. The number of hydrogen-bond donors (Lipinski definition) is 2. The predicted molar refractivity (Wildman–Crippen MR) is 96.6 cm³/mol. The first-order valence-electron chi connectivity index (χ1n) is 7.04. The molecule has 118 valence electrons. The first kappa shape index (κ1) is 18.7. The second-order valence-electron chi connectivity index (χ2n) is 5.07. The number of benzene rings is 1. The highest BCUT2D eigenvalue weighted by Crippen LogP contribution is 2.43. The number of halogens is 1. The number of hydrogen-bond acceptors (Lipinski definition) is 4. The van der Waals surface area contributed by atoms with Gasteiger partial charge in [0.2, 0.25) is 0 Å². The van der Waals surface area contributed by atoms with Crippen LogP contribution in [0.4, 0.5) is 0 Å². The zero-order valence-corrected chi connectivity index (χ0v) is 14.7. The largest absolute Gasteiger partial charge is 0.352 e. The van der Waals surface area contributed by atoms with E-state index in [1.54, 1.807) is 0 Å². The van der Waals surface area contributed by atoms with Crippen molar-refractivity contribution in [1.82, 2.24) is 5.32 Å². The summed E-state index contributed by atoms with van der Waals surface area (Å²) in [4.78, 5) is 12.0. The standard InChI is InChI=1S/C15H22N2OS2.ClH/c1-11(16)7-8-17-14(18)12-3-5-13(6-4-12)15-19-9-2-10-20-15;/h3-6,11,15H,2,7-10,16H2,1H3,(H,17,18);1H. The minimum atomic E-state index is -0.0128. The van der Waals surface area contributed by atoms with Gasteiger partial charge in [-0.3, -0.25) is 4.79 Å². The monoisotopic (exact) mass is 346 g/mol. The fourth-order valence-electron chi connectivity index (χ4n) is 1.99. The Hall–Kier alpha value is -0.360. The third kappa shape index (κ3) is 6.10. The molecule has 0 aromatic heterocycles. The van der Waals surface area contributed by atoms with Gasteiger partial charge in [0.25, 0.3) is 5.91 Å². The fourth-order valence-corrected chi connectivity index (χ4v) is 4.88. The molecule has 3 N–H and O–H groups in total. The summed E-state index contributed by atoms with van der Waals surface area (Å²) >= 11 is 3.99. The quantitative estimate of drug-likeness (QED) is 0.857. The van der Waals surface area contributed by atoms with E-state index < -0.39 is 0 Å². The average molecular weight is 347 g/mol. The van der Waals surface area contributed by atoms with Crippen LogP contribution in [-0.2, 0) is 0 Å². The zero-order valence-electron chi connectivity index (χ0n) is 12.2. The molecule has 0 bridgehead atoms. The highest BCUT2D eigenvalue weighted by Gasteiger charge is 2.16. The number of rotatable bonds is 5. The third-order valence-electron chi connectivity index (χ3n) is 3.16. The third-order valence-corrected chi connectivity index (χ3v) is 6.17. The molecule has 2 rings (SSSR count). The fraction of sp³-hybridized carbons (Fsp3) is 0.533. The number of nitrogens with two attached hydrogens (primary N) is 1. The molecule has 1 aliphatic heterocycles. The predicted octanol–water partition coefficient (Wildman–Crippen LogP) is 3.44. The van der Waals surface area contributed by atoms with Crippen molar-refractivity contribution in [1.29, 1.82) is 0 Å². The van der Waals surface area contributed by atoms with E-state index >= 15 is 0 Å². The summed E-state index contributed by atoms with van der Waals surface area (Å²) in [5.41, 5.74) is 7.70. The summed E-state index contributed by atoms with van der Waals surface area (Å²) in [5, 5.41) is 2.90. The van der Waals surface area contributed by atoms with E-state index in [1.165, 1.54) is 23.5 Å². The van der Waals surface area contributed by atoms with Crippen molar-refractivity contribution in [3.8, 4) is 0 Å². The van der Waals surface area contributed by atoms with Gasteiger partial charge in [0.1, 0.15) is 0 Å². The summed E-state index contributed by atoms with van der Waals surface area (Å²) in [7, 11) is 0. The lowest BCUT2D eigenvalue weighted by Gasteiger charge is -2.21. The molecule has 1 unspecified atom stereocenters. The van der Waals surface area contributed by atoms with Crippen LogP contribution in [0.15, 0.2) is 24.3 Å². The lowest BCUT2D eigenvalue weighted by molar-refractivity contribution is 0.0953. The number of amides is 1.